The van der Waals surface area contributed by atoms with Crippen molar-refractivity contribution < 1.29 is 12.8 Å². The van der Waals surface area contributed by atoms with Crippen LogP contribution in [0, 0.1) is 5.82 Å². The lowest BCUT2D eigenvalue weighted by Crippen LogP contribution is -2.56. The molecule has 0 aromatic heterocycles. The molecule has 0 bridgehead atoms. The summed E-state index contributed by atoms with van der Waals surface area (Å²) in [6.45, 7) is 4.94. The Labute approximate surface area is 153 Å². The third-order valence-corrected chi connectivity index (χ3v) is 7.28. The number of benzene rings is 1. The van der Waals surface area contributed by atoms with E-state index in [0.717, 1.165) is 13.1 Å². The lowest BCUT2D eigenvalue weighted by Gasteiger charge is -2.39. The highest BCUT2D eigenvalue weighted by Gasteiger charge is 2.33. The summed E-state index contributed by atoms with van der Waals surface area (Å²) >= 11 is 6.08. The van der Waals surface area contributed by atoms with Crippen LogP contribution in [0.3, 0.4) is 0 Å². The number of likely N-dealkylation sites (N-methyl/N-ethyl adjacent to an activating group) is 1. The third-order valence-electron chi connectivity index (χ3n) is 4.89. The van der Waals surface area contributed by atoms with Gasteiger partial charge >= 0.3 is 0 Å². The number of nitrogens with zero attached hydrogens (tertiary/aromatic N) is 4. The van der Waals surface area contributed by atoms with Crippen molar-refractivity contribution >= 4 is 21.8 Å². The van der Waals surface area contributed by atoms with Crippen molar-refractivity contribution in [2.45, 2.75) is 6.54 Å². The van der Waals surface area contributed by atoms with Crippen molar-refractivity contribution in [1.82, 2.24) is 18.4 Å². The van der Waals surface area contributed by atoms with Crippen molar-refractivity contribution in [3.8, 4) is 0 Å². The van der Waals surface area contributed by atoms with Crippen LogP contribution in [0.25, 0.3) is 0 Å². The summed E-state index contributed by atoms with van der Waals surface area (Å²) in [5.74, 6) is -0.319. The van der Waals surface area contributed by atoms with Gasteiger partial charge in [-0.3, -0.25) is 4.90 Å². The molecule has 0 N–H and O–H groups in total. The summed E-state index contributed by atoms with van der Waals surface area (Å²) in [7, 11) is -1.41. The molecule has 2 saturated heterocycles. The Morgan fingerprint density at radius 1 is 1.00 bits per heavy atom. The van der Waals surface area contributed by atoms with E-state index in [2.05, 4.69) is 4.90 Å². The fourth-order valence-electron chi connectivity index (χ4n) is 3.21. The van der Waals surface area contributed by atoms with Crippen molar-refractivity contribution in [2.24, 2.45) is 0 Å². The van der Waals surface area contributed by atoms with Gasteiger partial charge in [-0.05, 0) is 19.2 Å². The first-order chi connectivity index (χ1) is 11.9. The molecule has 140 valence electrons. The van der Waals surface area contributed by atoms with E-state index in [1.54, 1.807) is 16.4 Å². The Kier molecular flexibility index (Phi) is 5.97. The molecular formula is C16H24ClFN4O2S. The topological polar surface area (TPSA) is 47.1 Å². The third kappa shape index (κ3) is 4.32. The second kappa shape index (κ2) is 7.85. The van der Waals surface area contributed by atoms with Crippen LogP contribution in [0.15, 0.2) is 18.2 Å². The maximum Gasteiger partial charge on any atom is 0.282 e. The van der Waals surface area contributed by atoms with Gasteiger partial charge in [0.05, 0.1) is 0 Å². The first-order valence-electron chi connectivity index (χ1n) is 8.47. The van der Waals surface area contributed by atoms with E-state index in [1.165, 1.54) is 10.4 Å². The average molecular weight is 391 g/mol. The van der Waals surface area contributed by atoms with Gasteiger partial charge in [0.15, 0.2) is 0 Å². The fourth-order valence-corrected chi connectivity index (χ4v) is 5.01. The minimum absolute atomic E-state index is 0.319. The molecule has 25 heavy (non-hydrogen) atoms. The zero-order valence-electron chi connectivity index (χ0n) is 14.4. The SMILES string of the molecule is CN1CCN(S(=O)(=O)N2CCN(Cc3c(F)cccc3Cl)CC2)CC1. The van der Waals surface area contributed by atoms with Gasteiger partial charge in [0.2, 0.25) is 0 Å². The summed E-state index contributed by atoms with van der Waals surface area (Å²) in [5, 5.41) is 0.410. The van der Waals surface area contributed by atoms with E-state index in [4.69, 9.17) is 11.6 Å². The fraction of sp³-hybridized carbons (Fsp3) is 0.625. The molecule has 0 amide bonds. The normalized spacial score (nSPS) is 22.4. The van der Waals surface area contributed by atoms with Gasteiger partial charge in [0, 0.05) is 69.5 Å². The number of halogens is 2. The van der Waals surface area contributed by atoms with E-state index < -0.39 is 10.2 Å². The van der Waals surface area contributed by atoms with Crippen LogP contribution in [-0.2, 0) is 16.8 Å². The van der Waals surface area contributed by atoms with Crippen LogP contribution in [0.4, 0.5) is 4.39 Å². The van der Waals surface area contributed by atoms with Crippen molar-refractivity contribution in [1.29, 1.82) is 0 Å². The Hall–Kier alpha value is -0.770. The molecule has 0 atom stereocenters. The molecule has 2 aliphatic rings. The number of hydrogen-bond donors (Lipinski definition) is 0. The molecule has 0 saturated carbocycles. The Balaban J connectivity index is 1.58. The monoisotopic (exact) mass is 390 g/mol. The van der Waals surface area contributed by atoms with E-state index in [9.17, 15) is 12.8 Å². The highest BCUT2D eigenvalue weighted by Crippen LogP contribution is 2.22. The molecule has 3 rings (SSSR count). The molecule has 2 heterocycles. The Morgan fingerprint density at radius 3 is 2.12 bits per heavy atom. The van der Waals surface area contributed by atoms with Crippen LogP contribution in [0.5, 0.6) is 0 Å². The first kappa shape index (κ1) is 19.0. The zero-order chi connectivity index (χ0) is 18.0. The zero-order valence-corrected chi connectivity index (χ0v) is 15.9. The summed E-state index contributed by atoms with van der Waals surface area (Å²) < 4.78 is 42.5. The van der Waals surface area contributed by atoms with Gasteiger partial charge in [-0.1, -0.05) is 17.7 Å². The highest BCUT2D eigenvalue weighted by atomic mass is 35.5. The molecule has 0 radical (unpaired) electrons. The second-order valence-corrected chi connectivity index (χ2v) is 8.92. The van der Waals surface area contributed by atoms with Gasteiger partial charge < -0.3 is 4.90 Å². The molecule has 2 aliphatic heterocycles. The minimum atomic E-state index is -3.41. The average Bonchev–Trinajstić information content (AvgIpc) is 2.59. The van der Waals surface area contributed by atoms with E-state index in [1.807, 2.05) is 11.9 Å². The summed E-state index contributed by atoms with van der Waals surface area (Å²) in [4.78, 5) is 4.17. The molecule has 0 unspecified atom stereocenters. The number of hydrogen-bond acceptors (Lipinski definition) is 4. The number of rotatable bonds is 4. The van der Waals surface area contributed by atoms with Crippen LogP contribution in [-0.4, -0.2) is 86.2 Å². The van der Waals surface area contributed by atoms with E-state index in [-0.39, 0.29) is 5.82 Å². The minimum Gasteiger partial charge on any atom is -0.304 e. The van der Waals surface area contributed by atoms with E-state index >= 15 is 0 Å². The molecule has 1 aromatic carbocycles. The molecule has 0 spiro atoms. The van der Waals surface area contributed by atoms with Crippen LogP contribution >= 0.6 is 11.6 Å². The maximum absolute atomic E-state index is 13.9. The van der Waals surface area contributed by atoms with Crippen molar-refractivity contribution in [2.75, 3.05) is 59.4 Å². The predicted octanol–water partition coefficient (Wildman–Crippen LogP) is 1.09. The van der Waals surface area contributed by atoms with Gasteiger partial charge in [0.1, 0.15) is 5.82 Å². The molecule has 9 heteroatoms. The van der Waals surface area contributed by atoms with Gasteiger partial charge in [-0.2, -0.15) is 17.0 Å². The van der Waals surface area contributed by atoms with Gasteiger partial charge in [-0.25, -0.2) is 4.39 Å². The molecule has 6 nitrogen and oxygen atoms in total. The van der Waals surface area contributed by atoms with Crippen LogP contribution in [0.2, 0.25) is 5.02 Å². The van der Waals surface area contributed by atoms with E-state index in [0.29, 0.717) is 56.4 Å². The lowest BCUT2D eigenvalue weighted by molar-refractivity contribution is 0.164. The quantitative estimate of drug-likeness (QED) is 0.772. The standard InChI is InChI=1S/C16H24ClFN4O2S/c1-19-5-9-21(10-6-19)25(23,24)22-11-7-20(8-12-22)13-14-15(17)3-2-4-16(14)18/h2-4H,5-13H2,1H3. The van der Waals surface area contributed by atoms with Crippen LogP contribution < -0.4 is 0 Å². The molecule has 1 aromatic rings. The van der Waals surface area contributed by atoms with Crippen LogP contribution in [0.1, 0.15) is 5.56 Å². The second-order valence-electron chi connectivity index (χ2n) is 6.59. The molecule has 0 aliphatic carbocycles. The molecular weight excluding hydrogens is 367 g/mol. The highest BCUT2D eigenvalue weighted by molar-refractivity contribution is 7.86. The van der Waals surface area contributed by atoms with Gasteiger partial charge in [-0.15, -0.1) is 0 Å². The maximum atomic E-state index is 13.9. The van der Waals surface area contributed by atoms with Gasteiger partial charge in [0.25, 0.3) is 10.2 Å². The largest absolute Gasteiger partial charge is 0.304 e. The summed E-state index contributed by atoms with van der Waals surface area (Å²) in [6, 6.07) is 4.66. The Morgan fingerprint density at radius 2 is 1.56 bits per heavy atom. The first-order valence-corrected chi connectivity index (χ1v) is 10.2. The Bertz CT molecular complexity index is 682. The summed E-state index contributed by atoms with van der Waals surface area (Å²) in [5.41, 5.74) is 0.472. The lowest BCUT2D eigenvalue weighted by atomic mass is 10.2. The molecule has 2 fully saturated rings. The van der Waals surface area contributed by atoms with Crippen molar-refractivity contribution in [3.63, 3.8) is 0 Å². The smallest absolute Gasteiger partial charge is 0.282 e. The predicted molar refractivity (Wildman–Crippen MR) is 96.2 cm³/mol. The number of piperazine rings is 2. The summed E-state index contributed by atoms with van der Waals surface area (Å²) in [6.07, 6.45) is 0. The van der Waals surface area contributed by atoms with Crippen molar-refractivity contribution in [3.05, 3.63) is 34.6 Å².